The van der Waals surface area contributed by atoms with E-state index in [1.54, 1.807) is 12.1 Å². The molecule has 2 aromatic rings. The quantitative estimate of drug-likeness (QED) is 0.844. The van der Waals surface area contributed by atoms with Gasteiger partial charge in [0, 0.05) is 15.7 Å². The highest BCUT2D eigenvalue weighted by Crippen LogP contribution is 2.29. The van der Waals surface area contributed by atoms with Crippen LogP contribution in [0.2, 0.25) is 15.1 Å². The van der Waals surface area contributed by atoms with Crippen molar-refractivity contribution in [2.75, 3.05) is 5.73 Å². The van der Waals surface area contributed by atoms with Crippen molar-refractivity contribution >= 4 is 50.3 Å². The fourth-order valence-electron chi connectivity index (χ4n) is 1.69. The van der Waals surface area contributed by atoms with Gasteiger partial charge in [0.25, 0.3) is 0 Å². The van der Waals surface area contributed by atoms with Crippen molar-refractivity contribution in [1.82, 2.24) is 0 Å². The second kappa shape index (κ2) is 5.82. The molecule has 0 saturated carbocycles. The summed E-state index contributed by atoms with van der Waals surface area (Å²) in [7, 11) is -3.61. The number of hydrogen-bond acceptors (Lipinski definition) is 3. The summed E-state index contributed by atoms with van der Waals surface area (Å²) in [5.74, 6) is -0.257. The molecule has 0 atom stereocenters. The van der Waals surface area contributed by atoms with Crippen LogP contribution in [0.5, 0.6) is 0 Å². The topological polar surface area (TPSA) is 60.2 Å². The molecule has 106 valence electrons. The van der Waals surface area contributed by atoms with E-state index >= 15 is 0 Å². The highest BCUT2D eigenvalue weighted by Gasteiger charge is 2.20. The fraction of sp³-hybridized carbons (Fsp3) is 0.0769. The molecule has 0 aliphatic heterocycles. The number of anilines is 1. The average Bonchev–Trinajstić information content (AvgIpc) is 2.32. The molecule has 7 heteroatoms. The van der Waals surface area contributed by atoms with E-state index in [9.17, 15) is 8.42 Å². The zero-order valence-electron chi connectivity index (χ0n) is 10.1. The molecule has 0 saturated heterocycles. The van der Waals surface area contributed by atoms with Crippen LogP contribution in [-0.4, -0.2) is 8.42 Å². The Hall–Kier alpha value is -0.940. The highest BCUT2D eigenvalue weighted by atomic mass is 35.5. The van der Waals surface area contributed by atoms with Crippen molar-refractivity contribution in [2.45, 2.75) is 10.6 Å². The van der Waals surface area contributed by atoms with Gasteiger partial charge in [0.2, 0.25) is 0 Å². The van der Waals surface area contributed by atoms with Crippen molar-refractivity contribution in [1.29, 1.82) is 0 Å². The van der Waals surface area contributed by atoms with E-state index in [0.29, 0.717) is 21.3 Å². The summed E-state index contributed by atoms with van der Waals surface area (Å²) in [5.41, 5.74) is 6.41. The van der Waals surface area contributed by atoms with Gasteiger partial charge in [-0.2, -0.15) is 0 Å². The van der Waals surface area contributed by atoms with Crippen LogP contribution in [0, 0.1) is 0 Å². The molecule has 0 fully saturated rings. The molecular formula is C13H10Cl3NO2S. The number of nitrogen functional groups attached to an aromatic ring is 1. The summed E-state index contributed by atoms with van der Waals surface area (Å²) >= 11 is 17.7. The Balaban J connectivity index is 2.41. The molecule has 0 unspecified atom stereocenters. The first-order valence-electron chi connectivity index (χ1n) is 5.51. The highest BCUT2D eigenvalue weighted by molar-refractivity contribution is 7.90. The fourth-order valence-corrected chi connectivity index (χ4v) is 4.23. The van der Waals surface area contributed by atoms with Crippen LogP contribution in [-0.2, 0) is 15.6 Å². The Morgan fingerprint density at radius 3 is 2.25 bits per heavy atom. The van der Waals surface area contributed by atoms with E-state index in [0.717, 1.165) is 0 Å². The monoisotopic (exact) mass is 349 g/mol. The van der Waals surface area contributed by atoms with E-state index in [2.05, 4.69) is 0 Å². The third-order valence-electron chi connectivity index (χ3n) is 2.65. The number of hydrogen-bond donors (Lipinski definition) is 1. The van der Waals surface area contributed by atoms with Crippen LogP contribution >= 0.6 is 34.8 Å². The van der Waals surface area contributed by atoms with Gasteiger partial charge in [0.15, 0.2) is 9.84 Å². The molecule has 3 nitrogen and oxygen atoms in total. The largest absolute Gasteiger partial charge is 0.399 e. The predicted octanol–water partition coefficient (Wildman–Crippen LogP) is 4.20. The molecule has 0 bridgehead atoms. The maximum atomic E-state index is 12.4. The molecule has 2 N–H and O–H groups in total. The summed E-state index contributed by atoms with van der Waals surface area (Å²) in [4.78, 5) is 0.0272. The minimum atomic E-state index is -3.61. The third kappa shape index (κ3) is 3.38. The van der Waals surface area contributed by atoms with Gasteiger partial charge in [-0.15, -0.1) is 0 Å². The lowest BCUT2D eigenvalue weighted by Gasteiger charge is -2.09. The predicted molar refractivity (Wildman–Crippen MR) is 83.2 cm³/mol. The number of sulfone groups is 1. The summed E-state index contributed by atoms with van der Waals surface area (Å²) in [6.45, 7) is 0. The zero-order valence-corrected chi connectivity index (χ0v) is 13.2. The second-order valence-corrected chi connectivity index (χ2v) is 7.39. The van der Waals surface area contributed by atoms with Gasteiger partial charge >= 0.3 is 0 Å². The summed E-state index contributed by atoms with van der Waals surface area (Å²) in [6.07, 6.45) is 0. The van der Waals surface area contributed by atoms with E-state index in [-0.39, 0.29) is 15.7 Å². The Morgan fingerprint density at radius 2 is 1.65 bits per heavy atom. The Bertz CT molecular complexity index is 760. The third-order valence-corrected chi connectivity index (χ3v) is 5.38. The van der Waals surface area contributed by atoms with E-state index in [1.807, 2.05) is 0 Å². The minimum Gasteiger partial charge on any atom is -0.399 e. The lowest BCUT2D eigenvalue weighted by Crippen LogP contribution is -2.06. The number of halogens is 3. The van der Waals surface area contributed by atoms with E-state index in [1.165, 1.54) is 24.3 Å². The average molecular weight is 351 g/mol. The van der Waals surface area contributed by atoms with E-state index < -0.39 is 9.84 Å². The van der Waals surface area contributed by atoms with Crippen LogP contribution in [0.25, 0.3) is 0 Å². The minimum absolute atomic E-state index is 0.0272. The maximum Gasteiger partial charge on any atom is 0.184 e. The number of nitrogens with two attached hydrogens (primary N) is 1. The van der Waals surface area contributed by atoms with Crippen molar-refractivity contribution in [3.05, 3.63) is 57.0 Å². The molecule has 0 aliphatic rings. The van der Waals surface area contributed by atoms with Gasteiger partial charge in [-0.1, -0.05) is 40.9 Å². The molecule has 0 aliphatic carbocycles. The van der Waals surface area contributed by atoms with Crippen molar-refractivity contribution in [3.8, 4) is 0 Å². The lowest BCUT2D eigenvalue weighted by molar-refractivity contribution is 0.595. The standard InChI is InChI=1S/C13H10Cl3NO2S/c14-9-2-1-8(11(15)5-9)7-20(18,19)13-4-3-10(17)6-12(13)16/h1-6H,7,17H2. The molecule has 2 aromatic carbocycles. The molecular weight excluding hydrogens is 341 g/mol. The first kappa shape index (κ1) is 15.4. The molecule has 0 radical (unpaired) electrons. The summed E-state index contributed by atoms with van der Waals surface area (Å²) in [6, 6.07) is 8.94. The van der Waals surface area contributed by atoms with Crippen LogP contribution in [0.3, 0.4) is 0 Å². The SMILES string of the molecule is Nc1ccc(S(=O)(=O)Cc2ccc(Cl)cc2Cl)c(Cl)c1. The summed E-state index contributed by atoms with van der Waals surface area (Å²) < 4.78 is 24.7. The van der Waals surface area contributed by atoms with Crippen molar-refractivity contribution in [2.24, 2.45) is 0 Å². The van der Waals surface area contributed by atoms with Crippen molar-refractivity contribution in [3.63, 3.8) is 0 Å². The normalized spacial score (nSPS) is 11.6. The Morgan fingerprint density at radius 1 is 0.950 bits per heavy atom. The van der Waals surface area contributed by atoms with Gasteiger partial charge in [0.1, 0.15) is 0 Å². The molecule has 20 heavy (non-hydrogen) atoms. The Labute approximate surface area is 132 Å². The van der Waals surface area contributed by atoms with Crippen molar-refractivity contribution < 1.29 is 8.42 Å². The zero-order chi connectivity index (χ0) is 14.9. The van der Waals surface area contributed by atoms with Gasteiger partial charge in [-0.25, -0.2) is 8.42 Å². The van der Waals surface area contributed by atoms with Crippen LogP contribution in [0.4, 0.5) is 5.69 Å². The van der Waals surface area contributed by atoms with Gasteiger partial charge in [0.05, 0.1) is 15.7 Å². The number of rotatable bonds is 3. The molecule has 0 aromatic heterocycles. The first-order chi connectivity index (χ1) is 9.29. The molecule has 0 amide bonds. The maximum absolute atomic E-state index is 12.4. The molecule has 2 rings (SSSR count). The van der Waals surface area contributed by atoms with Gasteiger partial charge in [-0.05, 0) is 35.9 Å². The van der Waals surface area contributed by atoms with Crippen LogP contribution in [0.1, 0.15) is 5.56 Å². The van der Waals surface area contributed by atoms with E-state index in [4.69, 9.17) is 40.5 Å². The van der Waals surface area contributed by atoms with Crippen LogP contribution < -0.4 is 5.73 Å². The lowest BCUT2D eigenvalue weighted by atomic mass is 10.2. The Kier molecular flexibility index (Phi) is 4.49. The smallest absolute Gasteiger partial charge is 0.184 e. The van der Waals surface area contributed by atoms with Gasteiger partial charge in [-0.3, -0.25) is 0 Å². The molecule has 0 spiro atoms. The second-order valence-electron chi connectivity index (χ2n) is 4.18. The van der Waals surface area contributed by atoms with Gasteiger partial charge < -0.3 is 5.73 Å². The summed E-state index contributed by atoms with van der Waals surface area (Å²) in [5, 5.41) is 0.837. The van der Waals surface area contributed by atoms with Crippen LogP contribution in [0.15, 0.2) is 41.3 Å². The number of benzene rings is 2. The first-order valence-corrected chi connectivity index (χ1v) is 8.30. The molecule has 0 heterocycles.